The zero-order chi connectivity index (χ0) is 13.0. The maximum Gasteiger partial charge on any atom is 0.221 e. The van der Waals surface area contributed by atoms with Gasteiger partial charge in [-0.2, -0.15) is 0 Å². The second-order valence-electron chi connectivity index (χ2n) is 4.59. The summed E-state index contributed by atoms with van der Waals surface area (Å²) in [6, 6.07) is 8.01. The number of carbonyl (C=O) groups is 1. The van der Waals surface area contributed by atoms with Gasteiger partial charge in [0.25, 0.3) is 0 Å². The van der Waals surface area contributed by atoms with E-state index in [9.17, 15) is 4.79 Å². The van der Waals surface area contributed by atoms with E-state index in [0.29, 0.717) is 18.2 Å². The van der Waals surface area contributed by atoms with E-state index < -0.39 is 0 Å². The molecule has 1 amide bonds. The lowest BCUT2D eigenvalue weighted by atomic mass is 10.0. The van der Waals surface area contributed by atoms with E-state index in [0.717, 1.165) is 11.3 Å². The van der Waals surface area contributed by atoms with E-state index in [1.807, 2.05) is 24.3 Å². The Kier molecular flexibility index (Phi) is 4.48. The Hall–Kier alpha value is -1.22. The molecule has 2 rings (SSSR count). The molecule has 0 radical (unpaired) electrons. The SMILES string of the molecule is COc1ccc(C(NC(=O)CCCl)C2CC2)cc1. The number of methoxy groups -OCH3 is 1. The quantitative estimate of drug-likeness (QED) is 0.805. The van der Waals surface area contributed by atoms with Crippen molar-refractivity contribution in [1.82, 2.24) is 5.32 Å². The second kappa shape index (κ2) is 6.10. The van der Waals surface area contributed by atoms with Crippen LogP contribution in [0.25, 0.3) is 0 Å². The number of halogens is 1. The van der Waals surface area contributed by atoms with E-state index in [4.69, 9.17) is 16.3 Å². The van der Waals surface area contributed by atoms with Crippen LogP contribution in [0, 0.1) is 5.92 Å². The molecule has 98 valence electrons. The van der Waals surface area contributed by atoms with Crippen molar-refractivity contribution in [3.05, 3.63) is 29.8 Å². The smallest absolute Gasteiger partial charge is 0.221 e. The first-order valence-corrected chi connectivity index (χ1v) is 6.77. The van der Waals surface area contributed by atoms with Gasteiger partial charge in [-0.1, -0.05) is 12.1 Å². The Bertz CT molecular complexity index is 401. The Morgan fingerprint density at radius 2 is 2.11 bits per heavy atom. The van der Waals surface area contributed by atoms with Crippen LogP contribution in [0.5, 0.6) is 5.75 Å². The van der Waals surface area contributed by atoms with E-state index in [-0.39, 0.29) is 11.9 Å². The first-order chi connectivity index (χ1) is 8.74. The molecule has 18 heavy (non-hydrogen) atoms. The van der Waals surface area contributed by atoms with Gasteiger partial charge in [0.15, 0.2) is 0 Å². The molecule has 0 heterocycles. The number of hydrogen-bond acceptors (Lipinski definition) is 2. The maximum absolute atomic E-state index is 11.7. The number of amides is 1. The average molecular weight is 268 g/mol. The average Bonchev–Trinajstić information content (AvgIpc) is 3.21. The van der Waals surface area contributed by atoms with Crippen molar-refractivity contribution >= 4 is 17.5 Å². The van der Waals surface area contributed by atoms with E-state index in [2.05, 4.69) is 5.32 Å². The van der Waals surface area contributed by atoms with Crippen LogP contribution < -0.4 is 10.1 Å². The molecule has 0 bridgehead atoms. The van der Waals surface area contributed by atoms with Gasteiger partial charge in [-0.25, -0.2) is 0 Å². The first kappa shape index (κ1) is 13.2. The topological polar surface area (TPSA) is 38.3 Å². The van der Waals surface area contributed by atoms with E-state index in [1.165, 1.54) is 12.8 Å². The molecule has 1 fully saturated rings. The summed E-state index contributed by atoms with van der Waals surface area (Å²) < 4.78 is 5.14. The van der Waals surface area contributed by atoms with Crippen LogP contribution in [0.2, 0.25) is 0 Å². The van der Waals surface area contributed by atoms with Gasteiger partial charge >= 0.3 is 0 Å². The van der Waals surface area contributed by atoms with Gasteiger partial charge in [0, 0.05) is 12.3 Å². The summed E-state index contributed by atoms with van der Waals surface area (Å²) in [5.41, 5.74) is 1.14. The van der Waals surface area contributed by atoms with Crippen molar-refractivity contribution < 1.29 is 9.53 Å². The molecule has 4 heteroatoms. The zero-order valence-electron chi connectivity index (χ0n) is 10.5. The molecule has 1 aliphatic carbocycles. The molecule has 1 atom stereocenters. The van der Waals surface area contributed by atoms with Crippen LogP contribution >= 0.6 is 11.6 Å². The minimum atomic E-state index is 0.0257. The normalized spacial score (nSPS) is 16.1. The third-order valence-corrected chi connectivity index (χ3v) is 3.40. The second-order valence-corrected chi connectivity index (χ2v) is 4.97. The molecule has 1 N–H and O–H groups in total. The molecular weight excluding hydrogens is 250 g/mol. The lowest BCUT2D eigenvalue weighted by molar-refractivity contribution is -0.121. The third kappa shape index (κ3) is 3.39. The van der Waals surface area contributed by atoms with Crippen molar-refractivity contribution in [1.29, 1.82) is 0 Å². The fourth-order valence-corrected chi connectivity index (χ4v) is 2.22. The largest absolute Gasteiger partial charge is 0.497 e. The van der Waals surface area contributed by atoms with Crippen molar-refractivity contribution in [3.8, 4) is 5.75 Å². The number of benzene rings is 1. The van der Waals surface area contributed by atoms with Crippen LogP contribution in [-0.4, -0.2) is 18.9 Å². The number of carbonyl (C=O) groups excluding carboxylic acids is 1. The van der Waals surface area contributed by atoms with Crippen molar-refractivity contribution in [2.45, 2.75) is 25.3 Å². The zero-order valence-corrected chi connectivity index (χ0v) is 11.2. The molecule has 1 saturated carbocycles. The number of ether oxygens (including phenoxy) is 1. The number of rotatable bonds is 6. The summed E-state index contributed by atoms with van der Waals surface area (Å²) in [4.78, 5) is 11.7. The molecule has 0 aromatic heterocycles. The molecule has 1 aromatic rings. The van der Waals surface area contributed by atoms with Gasteiger partial charge in [0.05, 0.1) is 13.2 Å². The predicted octanol–water partition coefficient (Wildman–Crippen LogP) is 2.89. The number of nitrogens with one attached hydrogen (secondary N) is 1. The standard InChI is InChI=1S/C14H18ClNO2/c1-18-12-6-4-11(5-7-12)14(10-2-3-10)16-13(17)8-9-15/h4-7,10,14H,2-3,8-9H2,1H3,(H,16,17). The molecule has 0 saturated heterocycles. The molecule has 1 aromatic carbocycles. The molecular formula is C14H18ClNO2. The summed E-state index contributed by atoms with van der Waals surface area (Å²) >= 11 is 5.58. The van der Waals surface area contributed by atoms with Gasteiger partial charge in [-0.15, -0.1) is 11.6 Å². The highest BCUT2D eigenvalue weighted by Crippen LogP contribution is 2.41. The van der Waals surface area contributed by atoms with Crippen LogP contribution in [0.3, 0.4) is 0 Å². The fraction of sp³-hybridized carbons (Fsp3) is 0.500. The van der Waals surface area contributed by atoms with Crippen LogP contribution in [-0.2, 0) is 4.79 Å². The highest BCUT2D eigenvalue weighted by atomic mass is 35.5. The minimum absolute atomic E-state index is 0.0257. The molecule has 0 aliphatic heterocycles. The summed E-state index contributed by atoms with van der Waals surface area (Å²) in [5.74, 6) is 1.79. The summed E-state index contributed by atoms with van der Waals surface area (Å²) in [6.45, 7) is 0. The van der Waals surface area contributed by atoms with Gasteiger partial charge in [0.2, 0.25) is 5.91 Å². The van der Waals surface area contributed by atoms with Gasteiger partial charge in [0.1, 0.15) is 5.75 Å². The monoisotopic (exact) mass is 267 g/mol. The van der Waals surface area contributed by atoms with E-state index in [1.54, 1.807) is 7.11 Å². The fourth-order valence-electron chi connectivity index (χ4n) is 2.05. The lowest BCUT2D eigenvalue weighted by Crippen LogP contribution is -2.29. The van der Waals surface area contributed by atoms with Gasteiger partial charge in [-0.3, -0.25) is 4.79 Å². The highest BCUT2D eigenvalue weighted by Gasteiger charge is 2.33. The lowest BCUT2D eigenvalue weighted by Gasteiger charge is -2.19. The summed E-state index contributed by atoms with van der Waals surface area (Å²) in [5, 5.41) is 3.07. The van der Waals surface area contributed by atoms with Crippen LogP contribution in [0.1, 0.15) is 30.9 Å². The molecule has 1 aliphatic rings. The molecule has 3 nitrogen and oxygen atoms in total. The highest BCUT2D eigenvalue weighted by molar-refractivity contribution is 6.18. The van der Waals surface area contributed by atoms with Crippen molar-refractivity contribution in [2.75, 3.05) is 13.0 Å². The molecule has 1 unspecified atom stereocenters. The number of alkyl halides is 1. The Morgan fingerprint density at radius 1 is 1.44 bits per heavy atom. The predicted molar refractivity (Wildman–Crippen MR) is 71.9 cm³/mol. The van der Waals surface area contributed by atoms with Crippen molar-refractivity contribution in [3.63, 3.8) is 0 Å². The maximum atomic E-state index is 11.7. The Labute approximate surface area is 112 Å². The minimum Gasteiger partial charge on any atom is -0.497 e. The Morgan fingerprint density at radius 3 is 2.61 bits per heavy atom. The van der Waals surface area contributed by atoms with Crippen molar-refractivity contribution in [2.24, 2.45) is 5.92 Å². The van der Waals surface area contributed by atoms with Gasteiger partial charge in [-0.05, 0) is 36.5 Å². The summed E-state index contributed by atoms with van der Waals surface area (Å²) in [6.07, 6.45) is 2.73. The first-order valence-electron chi connectivity index (χ1n) is 6.24. The van der Waals surface area contributed by atoms with Crippen LogP contribution in [0.15, 0.2) is 24.3 Å². The van der Waals surface area contributed by atoms with E-state index >= 15 is 0 Å². The molecule has 0 spiro atoms. The van der Waals surface area contributed by atoms with Gasteiger partial charge < -0.3 is 10.1 Å². The third-order valence-electron chi connectivity index (χ3n) is 3.21. The van der Waals surface area contributed by atoms with Crippen LogP contribution in [0.4, 0.5) is 0 Å². The number of hydrogen-bond donors (Lipinski definition) is 1. The summed E-state index contributed by atoms with van der Waals surface area (Å²) in [7, 11) is 1.65. The Balaban J connectivity index is 2.06.